The van der Waals surface area contributed by atoms with Crippen LogP contribution in [0.3, 0.4) is 0 Å². The van der Waals surface area contributed by atoms with Crippen LogP contribution in [0.4, 0.5) is 8.78 Å². The summed E-state index contributed by atoms with van der Waals surface area (Å²) in [6, 6.07) is 1.95. The van der Waals surface area contributed by atoms with Gasteiger partial charge in [-0.05, 0) is 50.7 Å². The summed E-state index contributed by atoms with van der Waals surface area (Å²) in [6.45, 7) is 0. The van der Waals surface area contributed by atoms with Crippen LogP contribution in [-0.4, -0.2) is 4.98 Å². The molecule has 0 aliphatic carbocycles. The molecule has 0 spiro atoms. The van der Waals surface area contributed by atoms with Gasteiger partial charge in [0, 0.05) is 13.3 Å². The van der Waals surface area contributed by atoms with Crippen molar-refractivity contribution >= 4 is 45.2 Å². The van der Waals surface area contributed by atoms with Crippen LogP contribution in [0.25, 0.3) is 0 Å². The second kappa shape index (κ2) is 5.16. The Bertz CT molecular complexity index is 388. The van der Waals surface area contributed by atoms with Crippen LogP contribution in [0, 0.1) is 18.5 Å². The van der Waals surface area contributed by atoms with Gasteiger partial charge in [0.05, 0.1) is 12.5 Å². The highest BCUT2D eigenvalue weighted by molar-refractivity contribution is 14.1. The van der Waals surface area contributed by atoms with Crippen LogP contribution < -0.4 is 0 Å². The van der Waals surface area contributed by atoms with Crippen molar-refractivity contribution in [2.75, 3.05) is 0 Å². The number of alkyl halides is 2. The molecule has 14 heavy (non-hydrogen) atoms. The summed E-state index contributed by atoms with van der Waals surface area (Å²) < 4.78 is 26.0. The maximum atomic E-state index is 12.4. The number of halogens is 4. The molecule has 0 amide bonds. The average Bonchev–Trinajstić information content (AvgIpc) is 2.11. The maximum absolute atomic E-state index is 12.4. The molecule has 0 saturated heterocycles. The van der Waals surface area contributed by atoms with Crippen molar-refractivity contribution in [1.82, 2.24) is 4.98 Å². The molecule has 1 rings (SSSR count). The lowest BCUT2D eigenvalue weighted by molar-refractivity contribution is 0.145. The summed E-state index contributed by atoms with van der Waals surface area (Å²) in [5, 5.41) is 8.53. The Hall–Kier alpha value is -0.0400. The first kappa shape index (κ1) is 12.0. The lowest BCUT2D eigenvalue weighted by atomic mass is 10.2. The van der Waals surface area contributed by atoms with Crippen molar-refractivity contribution in [1.29, 1.82) is 5.26 Å². The summed E-state index contributed by atoms with van der Waals surface area (Å²) >= 11 is 3.79. The van der Waals surface area contributed by atoms with Gasteiger partial charge in [-0.15, -0.1) is 0 Å². The Kier molecular flexibility index (Phi) is 4.43. The summed E-state index contributed by atoms with van der Waals surface area (Å²) in [4.78, 5) is 3.65. The van der Waals surface area contributed by atoms with E-state index >= 15 is 0 Å². The predicted octanol–water partition coefficient (Wildman–Crippen LogP) is 3.29. The van der Waals surface area contributed by atoms with Gasteiger partial charge in [-0.3, -0.25) is 4.98 Å². The number of hydrogen-bond donors (Lipinski definition) is 0. The van der Waals surface area contributed by atoms with E-state index in [9.17, 15) is 8.78 Å². The first-order chi connectivity index (χ1) is 6.57. The first-order valence-corrected chi connectivity index (χ1v) is 5.71. The third-order valence-corrected chi connectivity index (χ3v) is 3.69. The van der Waals surface area contributed by atoms with E-state index in [0.717, 1.165) is 3.57 Å². The number of aromatic nitrogens is 1. The largest absolute Gasteiger partial charge is 0.281 e. The van der Waals surface area contributed by atoms with Crippen molar-refractivity contribution in [3.05, 3.63) is 24.6 Å². The molecule has 74 valence electrons. The SMILES string of the molecule is N#CCc1c(I)cnc(C(F)F)c1I. The molecule has 1 heterocycles. The highest BCUT2D eigenvalue weighted by atomic mass is 127. The average molecular weight is 420 g/mol. The molecule has 0 fully saturated rings. The van der Waals surface area contributed by atoms with Crippen LogP contribution in [0.15, 0.2) is 6.20 Å². The summed E-state index contributed by atoms with van der Waals surface area (Å²) in [5.74, 6) is 0. The van der Waals surface area contributed by atoms with Gasteiger partial charge >= 0.3 is 0 Å². The lowest BCUT2D eigenvalue weighted by Gasteiger charge is -2.07. The molecule has 0 saturated carbocycles. The molecule has 6 heteroatoms. The zero-order chi connectivity index (χ0) is 10.7. The number of hydrogen-bond acceptors (Lipinski definition) is 2. The molecule has 0 aliphatic heterocycles. The minimum atomic E-state index is -2.59. The zero-order valence-corrected chi connectivity index (χ0v) is 11.1. The quantitative estimate of drug-likeness (QED) is 0.690. The highest BCUT2D eigenvalue weighted by Crippen LogP contribution is 2.27. The molecular formula is C8H4F2I2N2. The number of nitriles is 1. The van der Waals surface area contributed by atoms with E-state index in [1.807, 2.05) is 28.7 Å². The molecule has 0 atom stereocenters. The van der Waals surface area contributed by atoms with Crippen molar-refractivity contribution in [2.45, 2.75) is 12.8 Å². The Morgan fingerprint density at radius 3 is 2.64 bits per heavy atom. The Morgan fingerprint density at radius 1 is 1.50 bits per heavy atom. The van der Waals surface area contributed by atoms with Gasteiger partial charge in [-0.2, -0.15) is 5.26 Å². The number of nitrogens with zero attached hydrogens (tertiary/aromatic N) is 2. The van der Waals surface area contributed by atoms with Gasteiger partial charge in [0.1, 0.15) is 5.69 Å². The Morgan fingerprint density at radius 2 is 2.14 bits per heavy atom. The summed E-state index contributed by atoms with van der Waals surface area (Å²) in [7, 11) is 0. The minimum absolute atomic E-state index is 0.138. The normalized spacial score (nSPS) is 10.3. The zero-order valence-electron chi connectivity index (χ0n) is 6.77. The second-order valence-corrected chi connectivity index (χ2v) is 4.66. The van der Waals surface area contributed by atoms with Crippen LogP contribution in [0.1, 0.15) is 17.7 Å². The third kappa shape index (κ3) is 2.50. The van der Waals surface area contributed by atoms with Gasteiger partial charge in [0.15, 0.2) is 0 Å². The Labute approximate surface area is 107 Å². The van der Waals surface area contributed by atoms with E-state index in [0.29, 0.717) is 9.13 Å². The van der Waals surface area contributed by atoms with E-state index in [2.05, 4.69) is 4.98 Å². The van der Waals surface area contributed by atoms with Gasteiger partial charge in [-0.25, -0.2) is 8.78 Å². The first-order valence-electron chi connectivity index (χ1n) is 3.55. The molecule has 0 radical (unpaired) electrons. The topological polar surface area (TPSA) is 36.7 Å². The van der Waals surface area contributed by atoms with Gasteiger partial charge < -0.3 is 0 Å². The van der Waals surface area contributed by atoms with Crippen molar-refractivity contribution < 1.29 is 8.78 Å². The fraction of sp³-hybridized carbons (Fsp3) is 0.250. The fourth-order valence-corrected chi connectivity index (χ4v) is 2.89. The molecule has 2 nitrogen and oxygen atoms in total. The van der Waals surface area contributed by atoms with Gasteiger partial charge in [-0.1, -0.05) is 0 Å². The summed E-state index contributed by atoms with van der Waals surface area (Å²) in [6.07, 6.45) is -1.08. The van der Waals surface area contributed by atoms with E-state index in [4.69, 9.17) is 5.26 Å². The van der Waals surface area contributed by atoms with E-state index < -0.39 is 6.43 Å². The molecule has 1 aromatic heterocycles. The monoisotopic (exact) mass is 420 g/mol. The van der Waals surface area contributed by atoms with Crippen LogP contribution in [0.2, 0.25) is 0 Å². The molecular weight excluding hydrogens is 416 g/mol. The molecule has 1 aromatic rings. The standard InChI is InChI=1S/C8H4F2I2N2/c9-8(10)7-6(12)4(1-2-13)5(11)3-14-7/h3,8H,1H2. The van der Waals surface area contributed by atoms with Gasteiger partial charge in [0.25, 0.3) is 6.43 Å². The Balaban J connectivity index is 3.27. The predicted molar refractivity (Wildman–Crippen MR) is 63.9 cm³/mol. The minimum Gasteiger partial charge on any atom is -0.253 e. The van der Waals surface area contributed by atoms with E-state index in [1.165, 1.54) is 6.20 Å². The smallest absolute Gasteiger partial charge is 0.253 e. The highest BCUT2D eigenvalue weighted by Gasteiger charge is 2.17. The number of pyridine rings is 1. The lowest BCUT2D eigenvalue weighted by Crippen LogP contribution is -2.02. The maximum Gasteiger partial charge on any atom is 0.281 e. The van der Waals surface area contributed by atoms with Crippen LogP contribution >= 0.6 is 45.2 Å². The number of rotatable bonds is 2. The molecule has 0 bridgehead atoms. The molecule has 0 aliphatic rings. The third-order valence-electron chi connectivity index (χ3n) is 1.56. The van der Waals surface area contributed by atoms with Crippen LogP contribution in [0.5, 0.6) is 0 Å². The van der Waals surface area contributed by atoms with E-state index in [-0.39, 0.29) is 12.1 Å². The van der Waals surface area contributed by atoms with Crippen molar-refractivity contribution in [2.24, 2.45) is 0 Å². The van der Waals surface area contributed by atoms with Gasteiger partial charge in [0.2, 0.25) is 0 Å². The fourth-order valence-electron chi connectivity index (χ4n) is 0.913. The summed E-state index contributed by atoms with van der Waals surface area (Å²) in [5.41, 5.74) is 0.398. The van der Waals surface area contributed by atoms with Crippen LogP contribution in [-0.2, 0) is 6.42 Å². The van der Waals surface area contributed by atoms with Crippen molar-refractivity contribution in [3.8, 4) is 6.07 Å². The van der Waals surface area contributed by atoms with Crippen molar-refractivity contribution in [3.63, 3.8) is 0 Å². The second-order valence-electron chi connectivity index (χ2n) is 2.42. The molecule has 0 unspecified atom stereocenters. The van der Waals surface area contributed by atoms with E-state index in [1.54, 1.807) is 22.6 Å². The molecule has 0 N–H and O–H groups in total. The molecule has 0 aromatic carbocycles.